The van der Waals surface area contributed by atoms with Crippen LogP contribution in [0.5, 0.6) is 0 Å². The number of ether oxygens (including phenoxy) is 1. The van der Waals surface area contributed by atoms with Crippen molar-refractivity contribution in [2.24, 2.45) is 5.92 Å². The van der Waals surface area contributed by atoms with E-state index in [0.29, 0.717) is 6.42 Å². The lowest BCUT2D eigenvalue weighted by atomic mass is 9.70. The highest BCUT2D eigenvalue weighted by Crippen LogP contribution is 2.44. The molecule has 1 saturated heterocycles. The van der Waals surface area contributed by atoms with Crippen LogP contribution in [0.3, 0.4) is 0 Å². The molecule has 21 heavy (non-hydrogen) atoms. The highest BCUT2D eigenvalue weighted by atomic mass is 16.7. The highest BCUT2D eigenvalue weighted by molar-refractivity contribution is 5.84. The van der Waals surface area contributed by atoms with Gasteiger partial charge in [0.15, 0.2) is 6.10 Å². The predicted molar refractivity (Wildman–Crippen MR) is 80.6 cm³/mol. The Hall–Kier alpha value is -0.940. The summed E-state index contributed by atoms with van der Waals surface area (Å²) in [6.45, 7) is 11.8. The zero-order valence-corrected chi connectivity index (χ0v) is 14.4. The van der Waals surface area contributed by atoms with Crippen molar-refractivity contribution in [2.45, 2.75) is 78.0 Å². The Kier molecular flexibility index (Phi) is 5.56. The number of rotatable bonds is 5. The highest BCUT2D eigenvalue weighted by Gasteiger charge is 2.54. The molecule has 1 rings (SSSR count). The number of methoxy groups -OCH3 is 1. The topological polar surface area (TPSA) is 55.8 Å². The van der Waals surface area contributed by atoms with Crippen LogP contribution in [0, 0.1) is 5.92 Å². The third kappa shape index (κ3) is 3.14. The number of nitrogens with zero attached hydrogens (tertiary/aromatic N) is 1. The number of Topliss-reactive ketones (excluding diaryl/α,β-unsaturated/α-hetero) is 1. The third-order valence-electron chi connectivity index (χ3n) is 5.20. The average Bonchev–Trinajstić information content (AvgIpc) is 2.48. The van der Waals surface area contributed by atoms with E-state index in [9.17, 15) is 9.59 Å². The lowest BCUT2D eigenvalue weighted by molar-refractivity contribution is -0.310. The molecule has 0 spiro atoms. The van der Waals surface area contributed by atoms with E-state index in [2.05, 4.69) is 0 Å². The number of carbonyl (C=O) groups excluding carboxylic acids is 2. The van der Waals surface area contributed by atoms with Gasteiger partial charge in [-0.3, -0.25) is 9.63 Å². The van der Waals surface area contributed by atoms with Crippen LogP contribution in [0.4, 0.5) is 0 Å². The largest absolute Gasteiger partial charge is 0.467 e. The quantitative estimate of drug-likeness (QED) is 0.731. The van der Waals surface area contributed by atoms with Gasteiger partial charge in [-0.05, 0) is 33.6 Å². The van der Waals surface area contributed by atoms with Gasteiger partial charge < -0.3 is 4.74 Å². The third-order valence-corrected chi connectivity index (χ3v) is 5.20. The first-order valence-corrected chi connectivity index (χ1v) is 7.74. The van der Waals surface area contributed by atoms with Crippen molar-refractivity contribution < 1.29 is 19.2 Å². The van der Waals surface area contributed by atoms with Gasteiger partial charge in [0.2, 0.25) is 0 Å². The summed E-state index contributed by atoms with van der Waals surface area (Å²) in [5, 5.41) is 1.90. The Morgan fingerprint density at radius 1 is 1.38 bits per heavy atom. The van der Waals surface area contributed by atoms with E-state index in [1.54, 1.807) is 6.92 Å². The van der Waals surface area contributed by atoms with Gasteiger partial charge in [0, 0.05) is 12.3 Å². The zero-order valence-electron chi connectivity index (χ0n) is 14.4. The summed E-state index contributed by atoms with van der Waals surface area (Å²) >= 11 is 0. The molecule has 1 heterocycles. The molecule has 0 radical (unpaired) electrons. The van der Waals surface area contributed by atoms with Crippen LogP contribution in [-0.2, 0) is 19.2 Å². The molecular weight excluding hydrogens is 270 g/mol. The number of ketones is 1. The van der Waals surface area contributed by atoms with Gasteiger partial charge in [-0.25, -0.2) is 4.79 Å². The van der Waals surface area contributed by atoms with Gasteiger partial charge in [0.05, 0.1) is 18.2 Å². The van der Waals surface area contributed by atoms with Crippen molar-refractivity contribution in [2.75, 3.05) is 7.11 Å². The summed E-state index contributed by atoms with van der Waals surface area (Å²) in [5.41, 5.74) is -0.834. The van der Waals surface area contributed by atoms with Gasteiger partial charge in [-0.15, -0.1) is 0 Å². The fourth-order valence-electron chi connectivity index (χ4n) is 3.07. The molecular formula is C16H29NO4. The summed E-state index contributed by atoms with van der Waals surface area (Å²) in [5.74, 6) is -0.280. The Balaban J connectivity index is 3.18. The number of hydroxylamine groups is 2. The lowest BCUT2D eigenvalue weighted by Crippen LogP contribution is -2.67. The molecule has 5 heteroatoms. The van der Waals surface area contributed by atoms with E-state index < -0.39 is 23.2 Å². The fourth-order valence-corrected chi connectivity index (χ4v) is 3.07. The van der Waals surface area contributed by atoms with Crippen molar-refractivity contribution in [1.82, 2.24) is 5.06 Å². The molecule has 1 aliphatic heterocycles. The lowest BCUT2D eigenvalue weighted by Gasteiger charge is -2.56. The maximum absolute atomic E-state index is 12.4. The molecule has 0 aromatic rings. The second-order valence-corrected chi connectivity index (χ2v) is 6.49. The molecule has 0 saturated carbocycles. The maximum Gasteiger partial charge on any atom is 0.336 e. The number of esters is 1. The minimum atomic E-state index is -0.688. The van der Waals surface area contributed by atoms with Crippen molar-refractivity contribution >= 4 is 11.8 Å². The average molecular weight is 299 g/mol. The number of hydrogen-bond acceptors (Lipinski definition) is 5. The van der Waals surface area contributed by atoms with Crippen LogP contribution < -0.4 is 0 Å². The smallest absolute Gasteiger partial charge is 0.336 e. The Morgan fingerprint density at radius 3 is 2.38 bits per heavy atom. The van der Waals surface area contributed by atoms with E-state index in [1.165, 1.54) is 7.11 Å². The van der Waals surface area contributed by atoms with E-state index in [-0.39, 0.29) is 11.7 Å². The van der Waals surface area contributed by atoms with Crippen LogP contribution in [0.2, 0.25) is 0 Å². The van der Waals surface area contributed by atoms with Crippen LogP contribution in [0.25, 0.3) is 0 Å². The second-order valence-electron chi connectivity index (χ2n) is 6.49. The molecule has 1 aliphatic rings. The summed E-state index contributed by atoms with van der Waals surface area (Å²) in [4.78, 5) is 30.1. The summed E-state index contributed by atoms with van der Waals surface area (Å²) in [6, 6.07) is 0. The molecule has 0 N–H and O–H groups in total. The molecule has 1 fully saturated rings. The van der Waals surface area contributed by atoms with Crippen LogP contribution in [-0.4, -0.2) is 41.1 Å². The van der Waals surface area contributed by atoms with Crippen molar-refractivity contribution in [3.8, 4) is 0 Å². The molecule has 0 bridgehead atoms. The van der Waals surface area contributed by atoms with E-state index in [0.717, 1.165) is 12.8 Å². The fraction of sp³-hybridized carbons (Fsp3) is 0.875. The summed E-state index contributed by atoms with van der Waals surface area (Å²) < 4.78 is 4.75. The molecule has 5 nitrogen and oxygen atoms in total. The Bertz CT molecular complexity index is 411. The first-order valence-electron chi connectivity index (χ1n) is 7.74. The van der Waals surface area contributed by atoms with Crippen molar-refractivity contribution in [3.63, 3.8) is 0 Å². The molecule has 0 amide bonds. The monoisotopic (exact) mass is 299 g/mol. The minimum Gasteiger partial charge on any atom is -0.467 e. The molecule has 0 aromatic carbocycles. The van der Waals surface area contributed by atoms with Crippen LogP contribution in [0.15, 0.2) is 0 Å². The molecule has 0 aromatic heterocycles. The van der Waals surface area contributed by atoms with Gasteiger partial charge in [0.1, 0.15) is 5.78 Å². The maximum atomic E-state index is 12.4. The predicted octanol–water partition coefficient (Wildman–Crippen LogP) is 2.73. The molecule has 4 atom stereocenters. The molecule has 4 unspecified atom stereocenters. The first kappa shape index (κ1) is 18.1. The van der Waals surface area contributed by atoms with E-state index in [1.807, 2.05) is 39.7 Å². The second kappa shape index (κ2) is 6.44. The zero-order chi connectivity index (χ0) is 16.4. The van der Waals surface area contributed by atoms with Gasteiger partial charge >= 0.3 is 5.97 Å². The Labute approximate surface area is 127 Å². The normalized spacial score (nSPS) is 35.6. The number of piperidine rings is 1. The van der Waals surface area contributed by atoms with Gasteiger partial charge in [0.25, 0.3) is 0 Å². The van der Waals surface area contributed by atoms with Crippen LogP contribution >= 0.6 is 0 Å². The SMILES string of the molecule is CCC1(C)CC(=O)C(C)C(C)(CC)N1OC(C)C(=O)OC. The minimum absolute atomic E-state index is 0.132. The van der Waals surface area contributed by atoms with Crippen molar-refractivity contribution in [1.29, 1.82) is 0 Å². The van der Waals surface area contributed by atoms with Crippen molar-refractivity contribution in [3.05, 3.63) is 0 Å². The first-order chi connectivity index (χ1) is 9.66. The van der Waals surface area contributed by atoms with Crippen LogP contribution in [0.1, 0.15) is 60.8 Å². The molecule has 0 aliphatic carbocycles. The molecule has 122 valence electrons. The van der Waals surface area contributed by atoms with Gasteiger partial charge in [-0.2, -0.15) is 5.06 Å². The summed E-state index contributed by atoms with van der Waals surface area (Å²) in [7, 11) is 1.35. The standard InChI is InChI=1S/C16H29NO4/c1-8-15(5)10-13(18)11(3)16(6,9-2)17(15)21-12(4)14(19)20-7/h11-12H,8-10H2,1-7H3. The Morgan fingerprint density at radius 2 is 1.95 bits per heavy atom. The van der Waals surface area contributed by atoms with E-state index in [4.69, 9.17) is 9.57 Å². The summed E-state index contributed by atoms with van der Waals surface area (Å²) in [6.07, 6.45) is 1.29. The van der Waals surface area contributed by atoms with E-state index >= 15 is 0 Å². The van der Waals surface area contributed by atoms with Gasteiger partial charge in [-0.1, -0.05) is 20.8 Å². The number of carbonyl (C=O) groups is 2. The number of hydrogen-bond donors (Lipinski definition) is 0.